The topological polar surface area (TPSA) is 41.5 Å². The van der Waals surface area contributed by atoms with Gasteiger partial charge in [0.1, 0.15) is 0 Å². The average molecular weight is 219 g/mol. The number of morpholine rings is 1. The molecule has 3 rings (SSSR count). The molecule has 1 saturated carbocycles. The summed E-state index contributed by atoms with van der Waals surface area (Å²) < 4.78 is 5.75. The van der Waals surface area contributed by atoms with Crippen molar-refractivity contribution in [1.82, 2.24) is 5.32 Å². The summed E-state index contributed by atoms with van der Waals surface area (Å²) in [6.45, 7) is 2.51. The molecule has 2 N–H and O–H groups in total. The lowest BCUT2D eigenvalue weighted by molar-refractivity contribution is 0.0247. The van der Waals surface area contributed by atoms with Crippen molar-refractivity contribution >= 4 is 0 Å². The van der Waals surface area contributed by atoms with Crippen LogP contribution < -0.4 is 5.32 Å². The second-order valence-corrected chi connectivity index (χ2v) is 4.68. The van der Waals surface area contributed by atoms with Crippen LogP contribution in [0.25, 0.3) is 0 Å². The van der Waals surface area contributed by atoms with Crippen molar-refractivity contribution in [2.24, 2.45) is 0 Å². The van der Waals surface area contributed by atoms with Gasteiger partial charge in [0, 0.05) is 13.1 Å². The second kappa shape index (κ2) is 3.84. The van der Waals surface area contributed by atoms with Gasteiger partial charge in [-0.2, -0.15) is 0 Å². The number of rotatable bonds is 2. The zero-order valence-corrected chi connectivity index (χ0v) is 9.28. The molecule has 86 valence electrons. The van der Waals surface area contributed by atoms with Crippen molar-refractivity contribution in [1.29, 1.82) is 0 Å². The summed E-state index contributed by atoms with van der Waals surface area (Å²) in [6.07, 6.45) is 1.85. The maximum Gasteiger partial charge on any atom is 0.0953 e. The third kappa shape index (κ3) is 1.75. The predicted molar refractivity (Wildman–Crippen MR) is 61.1 cm³/mol. The molecule has 16 heavy (non-hydrogen) atoms. The zero-order valence-electron chi connectivity index (χ0n) is 9.28. The Hall–Kier alpha value is -0.900. The first-order valence-electron chi connectivity index (χ1n) is 5.94. The van der Waals surface area contributed by atoms with Crippen LogP contribution in [0.1, 0.15) is 30.1 Å². The van der Waals surface area contributed by atoms with Gasteiger partial charge in [-0.05, 0) is 24.0 Å². The molecule has 2 fully saturated rings. The van der Waals surface area contributed by atoms with Gasteiger partial charge in [-0.3, -0.25) is 0 Å². The quantitative estimate of drug-likeness (QED) is 0.788. The molecule has 1 aliphatic heterocycles. The minimum atomic E-state index is -0.572. The number of aliphatic hydroxyl groups is 1. The van der Waals surface area contributed by atoms with E-state index >= 15 is 0 Å². The van der Waals surface area contributed by atoms with Crippen LogP contribution in [0.2, 0.25) is 0 Å². The lowest BCUT2D eigenvalue weighted by atomic mass is 9.96. The van der Waals surface area contributed by atoms with E-state index in [1.165, 1.54) is 0 Å². The molecule has 2 aliphatic rings. The summed E-state index contributed by atoms with van der Waals surface area (Å²) in [5, 5.41) is 13.6. The van der Waals surface area contributed by atoms with Gasteiger partial charge in [0.2, 0.25) is 0 Å². The summed E-state index contributed by atoms with van der Waals surface area (Å²) in [4.78, 5) is 0. The molecule has 0 radical (unpaired) electrons. The average Bonchev–Trinajstić information content (AvgIpc) is 3.10. The highest BCUT2D eigenvalue weighted by Gasteiger charge is 2.44. The van der Waals surface area contributed by atoms with Crippen LogP contribution in [0.4, 0.5) is 0 Å². The van der Waals surface area contributed by atoms with E-state index in [0.717, 1.165) is 43.7 Å². The van der Waals surface area contributed by atoms with Gasteiger partial charge in [-0.15, -0.1) is 0 Å². The van der Waals surface area contributed by atoms with Crippen molar-refractivity contribution in [3.05, 3.63) is 35.4 Å². The van der Waals surface area contributed by atoms with E-state index in [1.807, 2.05) is 18.2 Å². The lowest BCUT2D eigenvalue weighted by Gasteiger charge is -2.27. The highest BCUT2D eigenvalue weighted by Crippen LogP contribution is 2.47. The third-order valence-electron chi connectivity index (χ3n) is 3.46. The van der Waals surface area contributed by atoms with E-state index in [1.54, 1.807) is 0 Å². The molecule has 0 spiro atoms. The summed E-state index contributed by atoms with van der Waals surface area (Å²) in [5.74, 6) is 0. The Morgan fingerprint density at radius 1 is 1.31 bits per heavy atom. The molecule has 1 aliphatic carbocycles. The summed E-state index contributed by atoms with van der Waals surface area (Å²) in [5.41, 5.74) is 1.63. The van der Waals surface area contributed by atoms with E-state index in [2.05, 4.69) is 11.4 Å². The van der Waals surface area contributed by atoms with Gasteiger partial charge in [0.05, 0.1) is 18.3 Å². The molecule has 3 heteroatoms. The van der Waals surface area contributed by atoms with Gasteiger partial charge in [-0.1, -0.05) is 24.3 Å². The fourth-order valence-corrected chi connectivity index (χ4v) is 2.35. The molecule has 3 nitrogen and oxygen atoms in total. The Balaban J connectivity index is 1.93. The van der Waals surface area contributed by atoms with Crippen molar-refractivity contribution in [3.63, 3.8) is 0 Å². The summed E-state index contributed by atoms with van der Waals surface area (Å²) >= 11 is 0. The van der Waals surface area contributed by atoms with E-state index < -0.39 is 5.60 Å². The van der Waals surface area contributed by atoms with Gasteiger partial charge in [-0.25, -0.2) is 0 Å². The molecule has 1 aromatic rings. The first-order chi connectivity index (χ1) is 7.80. The third-order valence-corrected chi connectivity index (χ3v) is 3.46. The van der Waals surface area contributed by atoms with Gasteiger partial charge < -0.3 is 15.2 Å². The van der Waals surface area contributed by atoms with Gasteiger partial charge >= 0.3 is 0 Å². The molecule has 0 amide bonds. The normalized spacial score (nSPS) is 27.7. The summed E-state index contributed by atoms with van der Waals surface area (Å²) in [7, 11) is 0. The molecule has 1 unspecified atom stereocenters. The van der Waals surface area contributed by atoms with E-state index in [-0.39, 0.29) is 6.10 Å². The van der Waals surface area contributed by atoms with Crippen molar-refractivity contribution < 1.29 is 9.84 Å². The second-order valence-electron chi connectivity index (χ2n) is 4.68. The maximum absolute atomic E-state index is 10.2. The number of hydrogen-bond donors (Lipinski definition) is 2. The highest BCUT2D eigenvalue weighted by molar-refractivity contribution is 5.37. The molecular weight excluding hydrogens is 202 g/mol. The lowest BCUT2D eigenvalue weighted by Crippen LogP contribution is -2.34. The molecule has 1 aromatic carbocycles. The Morgan fingerprint density at radius 2 is 2.12 bits per heavy atom. The minimum absolute atomic E-state index is 0.0922. The monoisotopic (exact) mass is 219 g/mol. The largest absolute Gasteiger partial charge is 0.385 e. The Morgan fingerprint density at radius 3 is 2.81 bits per heavy atom. The Kier molecular flexibility index (Phi) is 2.46. The molecule has 1 atom stereocenters. The highest BCUT2D eigenvalue weighted by atomic mass is 16.5. The number of nitrogens with one attached hydrogen (secondary N) is 1. The SMILES string of the molecule is OC1(c2ccccc2C2CNCCO2)CC1. The van der Waals surface area contributed by atoms with Crippen LogP contribution in [0.15, 0.2) is 24.3 Å². The molecule has 0 bridgehead atoms. The maximum atomic E-state index is 10.2. The van der Waals surface area contributed by atoms with Crippen molar-refractivity contribution in [2.45, 2.75) is 24.5 Å². The van der Waals surface area contributed by atoms with Crippen LogP contribution in [-0.2, 0) is 10.3 Å². The van der Waals surface area contributed by atoms with Gasteiger partial charge in [0.25, 0.3) is 0 Å². The molecule has 1 heterocycles. The minimum Gasteiger partial charge on any atom is -0.385 e. The number of hydrogen-bond acceptors (Lipinski definition) is 3. The fourth-order valence-electron chi connectivity index (χ4n) is 2.35. The van der Waals surface area contributed by atoms with Crippen LogP contribution in [0.3, 0.4) is 0 Å². The van der Waals surface area contributed by atoms with E-state index in [0.29, 0.717) is 0 Å². The standard InChI is InChI=1S/C13H17NO2/c15-13(5-6-13)11-4-2-1-3-10(11)12-9-14-7-8-16-12/h1-4,12,14-15H,5-9H2. The van der Waals surface area contributed by atoms with Gasteiger partial charge in [0.15, 0.2) is 0 Å². The fraction of sp³-hybridized carbons (Fsp3) is 0.538. The van der Waals surface area contributed by atoms with Crippen LogP contribution in [0, 0.1) is 0 Å². The van der Waals surface area contributed by atoms with Crippen molar-refractivity contribution in [2.75, 3.05) is 19.7 Å². The Bertz CT molecular complexity index is 381. The smallest absolute Gasteiger partial charge is 0.0953 e. The molecule has 0 aromatic heterocycles. The number of benzene rings is 1. The van der Waals surface area contributed by atoms with Crippen LogP contribution in [-0.4, -0.2) is 24.8 Å². The number of ether oxygens (including phenoxy) is 1. The first kappa shape index (κ1) is 10.3. The van der Waals surface area contributed by atoms with Crippen LogP contribution >= 0.6 is 0 Å². The van der Waals surface area contributed by atoms with E-state index in [4.69, 9.17) is 4.74 Å². The molecule has 1 saturated heterocycles. The van der Waals surface area contributed by atoms with Crippen molar-refractivity contribution in [3.8, 4) is 0 Å². The van der Waals surface area contributed by atoms with E-state index in [9.17, 15) is 5.11 Å². The zero-order chi connectivity index (χ0) is 11.0. The molecular formula is C13H17NO2. The first-order valence-corrected chi connectivity index (χ1v) is 5.94. The van der Waals surface area contributed by atoms with Crippen LogP contribution in [0.5, 0.6) is 0 Å². The summed E-state index contributed by atoms with van der Waals surface area (Å²) in [6, 6.07) is 8.11. The predicted octanol–water partition coefficient (Wildman–Crippen LogP) is 1.33. The Labute approximate surface area is 95.4 Å².